The molecule has 0 unspecified atom stereocenters. The molecule has 0 spiro atoms. The normalized spacial score (nSPS) is 23.5. The molecule has 3 heteroatoms. The summed E-state index contributed by atoms with van der Waals surface area (Å²) in [5.74, 6) is -0.786. The van der Waals surface area contributed by atoms with Crippen LogP contribution in [-0.2, 0) is 14.3 Å². The number of cyclic esters (lactones) is 2. The number of rotatable bonds is 0. The van der Waals surface area contributed by atoms with Crippen molar-refractivity contribution in [2.75, 3.05) is 0 Å². The molecule has 3 nitrogen and oxygen atoms in total. The van der Waals surface area contributed by atoms with Crippen LogP contribution in [0.3, 0.4) is 0 Å². The Balaban J connectivity index is 2.24. The first-order chi connectivity index (χ1) is 11.3. The Morgan fingerprint density at radius 1 is 0.565 bits per heavy atom. The third kappa shape index (κ3) is 13.1. The van der Waals surface area contributed by atoms with Crippen LogP contribution in [-0.4, -0.2) is 11.9 Å². The van der Waals surface area contributed by atoms with Crippen LogP contribution in [0, 0.1) is 0 Å². The van der Waals surface area contributed by atoms with E-state index >= 15 is 0 Å². The van der Waals surface area contributed by atoms with Crippen LogP contribution >= 0.6 is 0 Å². The van der Waals surface area contributed by atoms with E-state index in [-0.39, 0.29) is 12.4 Å². The van der Waals surface area contributed by atoms with Gasteiger partial charge in [0.1, 0.15) is 0 Å². The number of carbonyl (C=O) groups is 2. The van der Waals surface area contributed by atoms with Gasteiger partial charge in [0.25, 0.3) is 0 Å². The average molecular weight is 322 g/mol. The fourth-order valence-electron chi connectivity index (χ4n) is 2.99. The van der Waals surface area contributed by atoms with Gasteiger partial charge in [-0.1, -0.05) is 82.8 Å². The van der Waals surface area contributed by atoms with Crippen molar-refractivity contribution in [3.63, 3.8) is 0 Å². The number of allylic oxidation sites excluding steroid dienone is 1. The number of carbonyl (C=O) groups excluding carboxylic acids is 2. The largest absolute Gasteiger partial charge is 0.393 e. The molecule has 0 N–H and O–H groups in total. The van der Waals surface area contributed by atoms with Crippen LogP contribution in [0.5, 0.6) is 0 Å². The maximum atomic E-state index is 11.5. The van der Waals surface area contributed by atoms with E-state index in [2.05, 4.69) is 0 Å². The second kappa shape index (κ2) is 14.5. The third-order valence-corrected chi connectivity index (χ3v) is 4.43. The maximum absolute atomic E-state index is 11.5. The second-order valence-corrected chi connectivity index (χ2v) is 6.66. The zero-order chi connectivity index (χ0) is 16.6. The minimum absolute atomic E-state index is 0.214. The molecular formula is C20H34O3. The molecule has 0 saturated heterocycles. The molecule has 0 aliphatic carbocycles. The van der Waals surface area contributed by atoms with Crippen LogP contribution < -0.4 is 0 Å². The summed E-state index contributed by atoms with van der Waals surface area (Å²) in [5.41, 5.74) is 0. The lowest BCUT2D eigenvalue weighted by molar-refractivity contribution is -0.159. The molecule has 0 atom stereocenters. The molecule has 0 aromatic carbocycles. The summed E-state index contributed by atoms with van der Waals surface area (Å²) in [6.07, 6.45) is 21.7. The summed E-state index contributed by atoms with van der Waals surface area (Å²) in [6.45, 7) is 0. The van der Waals surface area contributed by atoms with Crippen LogP contribution in [0.25, 0.3) is 0 Å². The number of ether oxygens (including phenoxy) is 1. The zero-order valence-corrected chi connectivity index (χ0v) is 14.7. The molecule has 132 valence electrons. The quantitative estimate of drug-likeness (QED) is 0.318. The fourth-order valence-corrected chi connectivity index (χ4v) is 2.99. The van der Waals surface area contributed by atoms with E-state index in [0.29, 0.717) is 6.42 Å². The van der Waals surface area contributed by atoms with Crippen LogP contribution in [0.4, 0.5) is 0 Å². The highest BCUT2D eigenvalue weighted by atomic mass is 16.6. The molecule has 23 heavy (non-hydrogen) atoms. The monoisotopic (exact) mass is 322 g/mol. The molecule has 1 aliphatic heterocycles. The molecule has 0 aromatic rings. The summed E-state index contributed by atoms with van der Waals surface area (Å²) in [6, 6.07) is 0. The maximum Gasteiger partial charge on any atom is 0.317 e. The minimum Gasteiger partial charge on any atom is -0.393 e. The zero-order valence-electron chi connectivity index (χ0n) is 14.7. The second-order valence-electron chi connectivity index (χ2n) is 6.66. The van der Waals surface area contributed by atoms with Gasteiger partial charge in [0.15, 0.2) is 0 Å². The lowest BCUT2D eigenvalue weighted by Crippen LogP contribution is -2.11. The van der Waals surface area contributed by atoms with Crippen molar-refractivity contribution in [2.45, 2.75) is 103 Å². The van der Waals surface area contributed by atoms with E-state index < -0.39 is 5.97 Å². The average Bonchev–Trinajstić information content (AvgIpc) is 2.53. The molecule has 1 heterocycles. The lowest BCUT2D eigenvalue weighted by Gasteiger charge is -2.03. The van der Waals surface area contributed by atoms with Crippen LogP contribution in [0.2, 0.25) is 0 Å². The molecule has 1 rings (SSSR count). The molecule has 0 radical (unpaired) electrons. The molecule has 0 bridgehead atoms. The number of hydrogen-bond donors (Lipinski definition) is 0. The van der Waals surface area contributed by atoms with Crippen molar-refractivity contribution in [3.8, 4) is 0 Å². The first-order valence-electron chi connectivity index (χ1n) is 9.67. The highest BCUT2D eigenvalue weighted by Gasteiger charge is 2.08. The summed E-state index contributed by atoms with van der Waals surface area (Å²) in [5, 5.41) is 0. The SMILES string of the molecule is O=C1C/C=C/CCCCCCCCCCCCCCCC(=O)O1. The Bertz CT molecular complexity index is 347. The van der Waals surface area contributed by atoms with E-state index in [1.807, 2.05) is 12.2 Å². The van der Waals surface area contributed by atoms with E-state index in [4.69, 9.17) is 4.74 Å². The summed E-state index contributed by atoms with van der Waals surface area (Å²) < 4.78 is 4.82. The minimum atomic E-state index is -0.419. The number of hydrogen-bond acceptors (Lipinski definition) is 3. The fraction of sp³-hybridized carbons (Fsp3) is 0.800. The predicted molar refractivity (Wildman–Crippen MR) is 94.1 cm³/mol. The van der Waals surface area contributed by atoms with Crippen molar-refractivity contribution in [1.82, 2.24) is 0 Å². The molecule has 0 fully saturated rings. The van der Waals surface area contributed by atoms with Crippen molar-refractivity contribution >= 4 is 11.9 Å². The summed E-state index contributed by atoms with van der Waals surface area (Å²) >= 11 is 0. The first-order valence-corrected chi connectivity index (χ1v) is 9.67. The van der Waals surface area contributed by atoms with Gasteiger partial charge in [-0.25, -0.2) is 0 Å². The lowest BCUT2D eigenvalue weighted by atomic mass is 10.0. The Morgan fingerprint density at radius 3 is 1.61 bits per heavy atom. The van der Waals surface area contributed by atoms with Gasteiger partial charge in [-0.2, -0.15) is 0 Å². The molecular weight excluding hydrogens is 288 g/mol. The molecule has 0 amide bonds. The van der Waals surface area contributed by atoms with Crippen molar-refractivity contribution in [3.05, 3.63) is 12.2 Å². The van der Waals surface area contributed by atoms with E-state index in [9.17, 15) is 9.59 Å². The van der Waals surface area contributed by atoms with Crippen LogP contribution in [0.15, 0.2) is 12.2 Å². The summed E-state index contributed by atoms with van der Waals surface area (Å²) in [7, 11) is 0. The number of esters is 2. The van der Waals surface area contributed by atoms with Gasteiger partial charge >= 0.3 is 11.9 Å². The van der Waals surface area contributed by atoms with E-state index in [1.165, 1.54) is 70.6 Å². The van der Waals surface area contributed by atoms with Gasteiger partial charge in [0.05, 0.1) is 6.42 Å². The van der Waals surface area contributed by atoms with E-state index in [1.54, 1.807) is 0 Å². The van der Waals surface area contributed by atoms with E-state index in [0.717, 1.165) is 19.3 Å². The first kappa shape index (κ1) is 19.9. The van der Waals surface area contributed by atoms with Crippen molar-refractivity contribution in [1.29, 1.82) is 0 Å². The highest BCUT2D eigenvalue weighted by Crippen LogP contribution is 2.14. The summed E-state index contributed by atoms with van der Waals surface area (Å²) in [4.78, 5) is 23.1. The van der Waals surface area contributed by atoms with Gasteiger partial charge in [-0.15, -0.1) is 0 Å². The molecule has 1 aliphatic rings. The Labute approximate surface area is 141 Å². The van der Waals surface area contributed by atoms with Gasteiger partial charge in [-0.3, -0.25) is 9.59 Å². The van der Waals surface area contributed by atoms with Gasteiger partial charge in [-0.05, 0) is 19.3 Å². The topological polar surface area (TPSA) is 43.4 Å². The predicted octanol–water partition coefficient (Wildman–Crippen LogP) is 5.87. The van der Waals surface area contributed by atoms with Gasteiger partial charge in [0.2, 0.25) is 0 Å². The Kier molecular flexibility index (Phi) is 12.5. The standard InChI is InChI=1S/C20H34O3/c21-19-17-15-13-11-9-7-5-3-1-2-4-6-8-10-12-14-16-18-20(22)23-19/h13,15H,1-12,14,16-18H2/b15-13+. The van der Waals surface area contributed by atoms with Gasteiger partial charge < -0.3 is 4.74 Å². The van der Waals surface area contributed by atoms with Crippen molar-refractivity contribution in [2.24, 2.45) is 0 Å². The van der Waals surface area contributed by atoms with Gasteiger partial charge in [0, 0.05) is 6.42 Å². The smallest absolute Gasteiger partial charge is 0.317 e. The molecule has 0 saturated carbocycles. The van der Waals surface area contributed by atoms with Crippen molar-refractivity contribution < 1.29 is 14.3 Å². The molecule has 0 aromatic heterocycles. The Hall–Kier alpha value is -1.12. The Morgan fingerprint density at radius 2 is 1.04 bits per heavy atom. The highest BCUT2D eigenvalue weighted by molar-refractivity contribution is 5.86. The third-order valence-electron chi connectivity index (χ3n) is 4.43. The van der Waals surface area contributed by atoms with Crippen LogP contribution in [0.1, 0.15) is 103 Å².